The molecule has 0 aliphatic carbocycles. The van der Waals surface area contributed by atoms with E-state index in [2.05, 4.69) is 37.9 Å². The van der Waals surface area contributed by atoms with Crippen LogP contribution in [0.15, 0.2) is 0 Å². The lowest BCUT2D eigenvalue weighted by Crippen LogP contribution is -2.46. The van der Waals surface area contributed by atoms with Gasteiger partial charge in [-0.25, -0.2) is 0 Å². The van der Waals surface area contributed by atoms with E-state index in [4.69, 9.17) is 4.74 Å². The first kappa shape index (κ1) is 16.9. The number of nitrogens with one attached hydrogen (secondary N) is 1. The lowest BCUT2D eigenvalue weighted by molar-refractivity contribution is 0.0872. The molecule has 3 heteroatoms. The van der Waals surface area contributed by atoms with E-state index in [0.29, 0.717) is 11.5 Å². The van der Waals surface area contributed by atoms with Crippen LogP contribution < -0.4 is 5.32 Å². The van der Waals surface area contributed by atoms with Gasteiger partial charge in [0.2, 0.25) is 0 Å². The summed E-state index contributed by atoms with van der Waals surface area (Å²) >= 11 is 0. The Morgan fingerprint density at radius 1 is 1.26 bits per heavy atom. The molecule has 1 heterocycles. The topological polar surface area (TPSA) is 24.5 Å². The van der Waals surface area contributed by atoms with Crippen LogP contribution in [0.4, 0.5) is 0 Å². The van der Waals surface area contributed by atoms with Crippen molar-refractivity contribution in [3.05, 3.63) is 0 Å². The van der Waals surface area contributed by atoms with Crippen LogP contribution in [-0.4, -0.2) is 50.8 Å². The van der Waals surface area contributed by atoms with Crippen molar-refractivity contribution >= 4 is 0 Å². The van der Waals surface area contributed by atoms with Crippen molar-refractivity contribution in [3.8, 4) is 0 Å². The zero-order chi connectivity index (χ0) is 14.3. The molecule has 0 aromatic rings. The highest BCUT2D eigenvalue weighted by atomic mass is 16.5. The van der Waals surface area contributed by atoms with Gasteiger partial charge in [-0.3, -0.25) is 4.90 Å². The first-order chi connectivity index (χ1) is 8.95. The Balaban J connectivity index is 2.16. The minimum Gasteiger partial charge on any atom is -0.385 e. The molecule has 3 nitrogen and oxygen atoms in total. The van der Waals surface area contributed by atoms with Gasteiger partial charge < -0.3 is 10.1 Å². The number of ether oxygens (including phenoxy) is 1. The number of hydrogen-bond donors (Lipinski definition) is 1. The molecule has 1 aliphatic heterocycles. The molecule has 19 heavy (non-hydrogen) atoms. The van der Waals surface area contributed by atoms with Crippen LogP contribution in [0.25, 0.3) is 0 Å². The number of rotatable bonds is 7. The number of piperidine rings is 1. The summed E-state index contributed by atoms with van der Waals surface area (Å²) in [6.45, 7) is 15.1. The monoisotopic (exact) mass is 270 g/mol. The molecule has 0 saturated carbocycles. The molecule has 114 valence electrons. The summed E-state index contributed by atoms with van der Waals surface area (Å²) in [5.41, 5.74) is 0.480. The van der Waals surface area contributed by atoms with Crippen LogP contribution in [0.1, 0.15) is 47.0 Å². The minimum atomic E-state index is 0.480. The molecule has 1 atom stereocenters. The van der Waals surface area contributed by atoms with Crippen molar-refractivity contribution in [3.63, 3.8) is 0 Å². The van der Waals surface area contributed by atoms with Gasteiger partial charge >= 0.3 is 0 Å². The first-order valence-electron chi connectivity index (χ1n) is 7.89. The molecule has 1 N–H and O–H groups in total. The van der Waals surface area contributed by atoms with E-state index in [1.54, 1.807) is 7.11 Å². The van der Waals surface area contributed by atoms with Crippen LogP contribution in [0, 0.1) is 11.3 Å². The van der Waals surface area contributed by atoms with Crippen molar-refractivity contribution in [1.29, 1.82) is 0 Å². The molecule has 0 bridgehead atoms. The predicted molar refractivity (Wildman–Crippen MR) is 82.6 cm³/mol. The zero-order valence-corrected chi connectivity index (χ0v) is 13.7. The average Bonchev–Trinajstić information content (AvgIpc) is 2.37. The van der Waals surface area contributed by atoms with E-state index < -0.39 is 0 Å². The summed E-state index contributed by atoms with van der Waals surface area (Å²) in [4.78, 5) is 2.64. The Bertz CT molecular complexity index is 229. The molecule has 0 aromatic carbocycles. The Hall–Kier alpha value is -0.120. The van der Waals surface area contributed by atoms with Crippen LogP contribution in [0.5, 0.6) is 0 Å². The number of hydrogen-bond acceptors (Lipinski definition) is 3. The van der Waals surface area contributed by atoms with Crippen molar-refractivity contribution in [1.82, 2.24) is 10.2 Å². The molecule has 1 fully saturated rings. The summed E-state index contributed by atoms with van der Waals surface area (Å²) in [5, 5.41) is 3.54. The molecule has 1 rings (SSSR count). The Kier molecular flexibility index (Phi) is 7.33. The highest BCUT2D eigenvalue weighted by molar-refractivity contribution is 4.83. The van der Waals surface area contributed by atoms with Gasteiger partial charge in [0, 0.05) is 26.3 Å². The summed E-state index contributed by atoms with van der Waals surface area (Å²) in [6, 6.07) is 0.656. The van der Waals surface area contributed by atoms with Gasteiger partial charge in [0.1, 0.15) is 0 Å². The Labute approximate surface area is 120 Å². The highest BCUT2D eigenvalue weighted by Gasteiger charge is 2.29. The van der Waals surface area contributed by atoms with Crippen LogP contribution in [-0.2, 0) is 4.74 Å². The average molecular weight is 270 g/mol. The first-order valence-corrected chi connectivity index (χ1v) is 7.89. The number of likely N-dealkylation sites (tertiary alicyclic amines) is 1. The molecular weight excluding hydrogens is 236 g/mol. The summed E-state index contributed by atoms with van der Waals surface area (Å²) in [7, 11) is 1.77. The lowest BCUT2D eigenvalue weighted by atomic mass is 9.75. The smallest absolute Gasteiger partial charge is 0.0474 e. The number of methoxy groups -OCH3 is 1. The maximum atomic E-state index is 5.06. The fraction of sp³-hybridized carbons (Fsp3) is 1.00. The fourth-order valence-electron chi connectivity index (χ4n) is 2.99. The summed E-state index contributed by atoms with van der Waals surface area (Å²) in [6.07, 6.45) is 3.82. The standard InChI is InChI=1S/C16H34N2O/c1-14(13-17-9-6-12-19-5)18-10-7-15(8-11-18)16(2,3)4/h14-15,17H,6-13H2,1-5H3. The highest BCUT2D eigenvalue weighted by Crippen LogP contribution is 2.34. The quantitative estimate of drug-likeness (QED) is 0.720. The van der Waals surface area contributed by atoms with Crippen molar-refractivity contribution in [2.45, 2.75) is 53.0 Å². The number of nitrogens with zero attached hydrogens (tertiary/aromatic N) is 1. The van der Waals surface area contributed by atoms with E-state index >= 15 is 0 Å². The second-order valence-electron chi connectivity index (χ2n) is 7.08. The van der Waals surface area contributed by atoms with E-state index in [-0.39, 0.29) is 0 Å². The minimum absolute atomic E-state index is 0.480. The molecule has 0 aromatic heterocycles. The van der Waals surface area contributed by atoms with Gasteiger partial charge in [0.05, 0.1) is 0 Å². The third kappa shape index (κ3) is 6.24. The van der Waals surface area contributed by atoms with Crippen molar-refractivity contribution in [2.24, 2.45) is 11.3 Å². The predicted octanol–water partition coefficient (Wildman–Crippen LogP) is 2.76. The molecule has 1 saturated heterocycles. The zero-order valence-electron chi connectivity index (χ0n) is 13.7. The lowest BCUT2D eigenvalue weighted by Gasteiger charge is -2.41. The fourth-order valence-corrected chi connectivity index (χ4v) is 2.99. The van der Waals surface area contributed by atoms with Crippen LogP contribution in [0.2, 0.25) is 0 Å². The Morgan fingerprint density at radius 3 is 2.42 bits per heavy atom. The molecule has 0 radical (unpaired) electrons. The maximum absolute atomic E-state index is 5.06. The summed E-state index contributed by atoms with van der Waals surface area (Å²) < 4.78 is 5.06. The molecule has 0 amide bonds. The van der Waals surface area contributed by atoms with Crippen LogP contribution in [0.3, 0.4) is 0 Å². The molecule has 0 spiro atoms. The third-order valence-electron chi connectivity index (χ3n) is 4.52. The molecule has 1 unspecified atom stereocenters. The van der Waals surface area contributed by atoms with Gasteiger partial charge in [0.25, 0.3) is 0 Å². The normalized spacial score (nSPS) is 20.7. The van der Waals surface area contributed by atoms with E-state index in [0.717, 1.165) is 32.0 Å². The van der Waals surface area contributed by atoms with Crippen LogP contribution >= 0.6 is 0 Å². The SMILES string of the molecule is COCCCNCC(C)N1CCC(C(C)(C)C)CC1. The largest absolute Gasteiger partial charge is 0.385 e. The van der Waals surface area contributed by atoms with E-state index in [9.17, 15) is 0 Å². The van der Waals surface area contributed by atoms with Gasteiger partial charge in [0.15, 0.2) is 0 Å². The Morgan fingerprint density at radius 2 is 1.89 bits per heavy atom. The molecule has 1 aliphatic rings. The second kappa shape index (κ2) is 8.23. The van der Waals surface area contributed by atoms with E-state index in [1.165, 1.54) is 25.9 Å². The van der Waals surface area contributed by atoms with Crippen molar-refractivity contribution in [2.75, 3.05) is 39.9 Å². The second-order valence-corrected chi connectivity index (χ2v) is 7.08. The van der Waals surface area contributed by atoms with Crippen molar-refractivity contribution < 1.29 is 4.74 Å². The van der Waals surface area contributed by atoms with Gasteiger partial charge in [-0.05, 0) is 57.2 Å². The van der Waals surface area contributed by atoms with Gasteiger partial charge in [-0.2, -0.15) is 0 Å². The van der Waals surface area contributed by atoms with E-state index in [1.807, 2.05) is 0 Å². The molecular formula is C16H34N2O. The summed E-state index contributed by atoms with van der Waals surface area (Å²) in [5.74, 6) is 0.894. The maximum Gasteiger partial charge on any atom is 0.0474 e. The van der Waals surface area contributed by atoms with Gasteiger partial charge in [-0.1, -0.05) is 20.8 Å². The third-order valence-corrected chi connectivity index (χ3v) is 4.52. The van der Waals surface area contributed by atoms with Gasteiger partial charge in [-0.15, -0.1) is 0 Å².